The highest BCUT2D eigenvalue weighted by molar-refractivity contribution is 5.79. The number of amides is 1. The summed E-state index contributed by atoms with van der Waals surface area (Å²) in [6.45, 7) is 3.64. The zero-order chi connectivity index (χ0) is 13.3. The van der Waals surface area contributed by atoms with Gasteiger partial charge in [0.2, 0.25) is 5.91 Å². The first kappa shape index (κ1) is 12.3. The van der Waals surface area contributed by atoms with Gasteiger partial charge >= 0.3 is 0 Å². The maximum absolute atomic E-state index is 11.8. The summed E-state index contributed by atoms with van der Waals surface area (Å²) >= 11 is 0. The van der Waals surface area contributed by atoms with E-state index in [1.54, 1.807) is 23.5 Å². The zero-order valence-electron chi connectivity index (χ0n) is 11.1. The summed E-state index contributed by atoms with van der Waals surface area (Å²) in [5.74, 6) is 1.05. The molecule has 0 N–H and O–H groups in total. The van der Waals surface area contributed by atoms with Gasteiger partial charge in [0.15, 0.2) is 0 Å². The van der Waals surface area contributed by atoms with E-state index in [1.165, 1.54) is 0 Å². The van der Waals surface area contributed by atoms with Crippen LogP contribution in [0.1, 0.15) is 6.42 Å². The summed E-state index contributed by atoms with van der Waals surface area (Å²) in [5.41, 5.74) is -0.111. The van der Waals surface area contributed by atoms with E-state index in [2.05, 4.69) is 14.9 Å². The quantitative estimate of drug-likeness (QED) is 0.721. The topological polar surface area (TPSA) is 58.6 Å². The van der Waals surface area contributed by atoms with E-state index < -0.39 is 0 Å². The number of aromatic nitrogens is 2. The first-order valence-electron chi connectivity index (χ1n) is 6.51. The molecular formula is C13H18N4O2. The SMILES string of the molecule is CN1C[C@@]2(COCCN(c3cnccn3)C2)CC1=O. The highest BCUT2D eigenvalue weighted by Crippen LogP contribution is 2.34. The summed E-state index contributed by atoms with van der Waals surface area (Å²) in [7, 11) is 1.86. The number of hydrogen-bond donors (Lipinski definition) is 0. The number of hydrogen-bond acceptors (Lipinski definition) is 5. The average Bonchev–Trinajstić information content (AvgIpc) is 2.60. The second kappa shape index (κ2) is 4.77. The van der Waals surface area contributed by atoms with Gasteiger partial charge in [0, 0.05) is 50.9 Å². The fourth-order valence-corrected chi connectivity index (χ4v) is 2.95. The van der Waals surface area contributed by atoms with Gasteiger partial charge in [-0.3, -0.25) is 9.78 Å². The first-order valence-corrected chi connectivity index (χ1v) is 6.51. The summed E-state index contributed by atoms with van der Waals surface area (Å²) < 4.78 is 5.71. The van der Waals surface area contributed by atoms with E-state index in [0.717, 1.165) is 25.5 Å². The van der Waals surface area contributed by atoms with Crippen molar-refractivity contribution < 1.29 is 9.53 Å². The van der Waals surface area contributed by atoms with Crippen LogP contribution in [0.3, 0.4) is 0 Å². The standard InChI is InChI=1S/C13H18N4O2/c1-16-8-13(6-12(16)18)9-17(4-5-19-10-13)11-7-14-2-3-15-11/h2-3,7H,4-6,8-10H2,1H3/t13-/m0/s1. The fourth-order valence-electron chi connectivity index (χ4n) is 2.95. The molecule has 2 saturated heterocycles. The molecule has 6 heteroatoms. The van der Waals surface area contributed by atoms with Crippen molar-refractivity contribution in [3.8, 4) is 0 Å². The van der Waals surface area contributed by atoms with Gasteiger partial charge in [-0.2, -0.15) is 0 Å². The van der Waals surface area contributed by atoms with Crippen LogP contribution >= 0.6 is 0 Å². The van der Waals surface area contributed by atoms with Crippen LogP contribution in [0.25, 0.3) is 0 Å². The van der Waals surface area contributed by atoms with Crippen LogP contribution in [0.2, 0.25) is 0 Å². The lowest BCUT2D eigenvalue weighted by molar-refractivity contribution is -0.126. The molecule has 0 aliphatic carbocycles. The third-order valence-electron chi connectivity index (χ3n) is 3.84. The number of rotatable bonds is 1. The van der Waals surface area contributed by atoms with E-state index in [4.69, 9.17) is 4.74 Å². The Kier molecular flexibility index (Phi) is 3.10. The number of anilines is 1. The molecule has 19 heavy (non-hydrogen) atoms. The average molecular weight is 262 g/mol. The van der Waals surface area contributed by atoms with E-state index in [1.807, 2.05) is 7.05 Å². The predicted octanol–water partition coefficient (Wildman–Crippen LogP) is 0.162. The van der Waals surface area contributed by atoms with E-state index in [0.29, 0.717) is 19.6 Å². The van der Waals surface area contributed by atoms with Crippen LogP contribution < -0.4 is 4.90 Å². The van der Waals surface area contributed by atoms with Gasteiger partial charge in [-0.1, -0.05) is 0 Å². The van der Waals surface area contributed by atoms with Crippen LogP contribution in [-0.2, 0) is 9.53 Å². The summed E-state index contributed by atoms with van der Waals surface area (Å²) in [5, 5.41) is 0. The number of carbonyl (C=O) groups excluding carboxylic acids is 1. The van der Waals surface area contributed by atoms with Crippen molar-refractivity contribution >= 4 is 11.7 Å². The predicted molar refractivity (Wildman–Crippen MR) is 69.8 cm³/mol. The number of ether oxygens (including phenoxy) is 1. The smallest absolute Gasteiger partial charge is 0.223 e. The Hall–Kier alpha value is -1.69. The molecule has 0 radical (unpaired) electrons. The summed E-state index contributed by atoms with van der Waals surface area (Å²) in [4.78, 5) is 24.3. The highest BCUT2D eigenvalue weighted by atomic mass is 16.5. The molecule has 0 bridgehead atoms. The first-order chi connectivity index (χ1) is 9.19. The van der Waals surface area contributed by atoms with Crippen LogP contribution in [-0.4, -0.2) is 60.7 Å². The van der Waals surface area contributed by atoms with Gasteiger partial charge in [-0.05, 0) is 0 Å². The Labute approximate surface area is 112 Å². The molecule has 1 aromatic rings. The van der Waals surface area contributed by atoms with Gasteiger partial charge < -0.3 is 14.5 Å². The second-order valence-electron chi connectivity index (χ2n) is 5.46. The minimum Gasteiger partial charge on any atom is -0.379 e. The molecule has 1 aromatic heterocycles. The van der Waals surface area contributed by atoms with Crippen molar-refractivity contribution in [1.82, 2.24) is 14.9 Å². The summed E-state index contributed by atoms with van der Waals surface area (Å²) in [6.07, 6.45) is 5.68. The summed E-state index contributed by atoms with van der Waals surface area (Å²) in [6, 6.07) is 0. The molecule has 1 spiro atoms. The Morgan fingerprint density at radius 1 is 1.37 bits per heavy atom. The molecule has 1 amide bonds. The third kappa shape index (κ3) is 2.40. The zero-order valence-corrected chi connectivity index (χ0v) is 11.1. The molecule has 2 aliphatic rings. The van der Waals surface area contributed by atoms with Gasteiger partial charge in [0.1, 0.15) is 5.82 Å². The van der Waals surface area contributed by atoms with Crippen molar-refractivity contribution in [2.24, 2.45) is 5.41 Å². The van der Waals surface area contributed by atoms with Crippen molar-refractivity contribution in [2.75, 3.05) is 44.8 Å². The molecule has 2 fully saturated rings. The normalized spacial score (nSPS) is 27.9. The molecule has 6 nitrogen and oxygen atoms in total. The fraction of sp³-hybridized carbons (Fsp3) is 0.615. The lowest BCUT2D eigenvalue weighted by Crippen LogP contribution is -2.40. The molecule has 1 atom stereocenters. The van der Waals surface area contributed by atoms with E-state index in [-0.39, 0.29) is 11.3 Å². The Morgan fingerprint density at radius 2 is 2.26 bits per heavy atom. The highest BCUT2D eigenvalue weighted by Gasteiger charge is 2.44. The molecule has 0 aromatic carbocycles. The molecule has 3 heterocycles. The number of nitrogens with zero attached hydrogens (tertiary/aromatic N) is 4. The van der Waals surface area contributed by atoms with Gasteiger partial charge in [0.05, 0.1) is 19.4 Å². The van der Waals surface area contributed by atoms with E-state index >= 15 is 0 Å². The maximum atomic E-state index is 11.8. The number of carbonyl (C=O) groups is 1. The maximum Gasteiger partial charge on any atom is 0.223 e. The molecule has 0 unspecified atom stereocenters. The minimum atomic E-state index is -0.111. The lowest BCUT2D eigenvalue weighted by Gasteiger charge is -2.31. The lowest BCUT2D eigenvalue weighted by atomic mass is 9.87. The van der Waals surface area contributed by atoms with Crippen molar-refractivity contribution in [1.29, 1.82) is 0 Å². The molecular weight excluding hydrogens is 244 g/mol. The molecule has 0 saturated carbocycles. The van der Waals surface area contributed by atoms with Crippen molar-refractivity contribution in [2.45, 2.75) is 6.42 Å². The Bertz CT molecular complexity index is 467. The number of likely N-dealkylation sites (tertiary alicyclic amines) is 1. The minimum absolute atomic E-state index is 0.111. The second-order valence-corrected chi connectivity index (χ2v) is 5.46. The van der Waals surface area contributed by atoms with Gasteiger partial charge in [-0.25, -0.2) is 4.98 Å². The van der Waals surface area contributed by atoms with E-state index in [9.17, 15) is 4.79 Å². The van der Waals surface area contributed by atoms with Crippen LogP contribution in [0.15, 0.2) is 18.6 Å². The van der Waals surface area contributed by atoms with Crippen LogP contribution in [0.5, 0.6) is 0 Å². The Balaban J connectivity index is 1.83. The van der Waals surface area contributed by atoms with Gasteiger partial charge in [-0.15, -0.1) is 0 Å². The molecule has 2 aliphatic heterocycles. The monoisotopic (exact) mass is 262 g/mol. The van der Waals surface area contributed by atoms with Crippen molar-refractivity contribution in [3.63, 3.8) is 0 Å². The third-order valence-corrected chi connectivity index (χ3v) is 3.84. The Morgan fingerprint density at radius 3 is 2.95 bits per heavy atom. The molecule has 3 rings (SSSR count). The van der Waals surface area contributed by atoms with Crippen LogP contribution in [0, 0.1) is 5.41 Å². The van der Waals surface area contributed by atoms with Crippen molar-refractivity contribution in [3.05, 3.63) is 18.6 Å². The molecule has 102 valence electrons. The largest absolute Gasteiger partial charge is 0.379 e. The van der Waals surface area contributed by atoms with Gasteiger partial charge in [0.25, 0.3) is 0 Å². The van der Waals surface area contributed by atoms with Crippen LogP contribution in [0.4, 0.5) is 5.82 Å².